The van der Waals surface area contributed by atoms with E-state index >= 15 is 0 Å². The molecule has 0 aliphatic rings. The highest BCUT2D eigenvalue weighted by Gasteiger charge is 2.04. The average Bonchev–Trinajstić information content (AvgIpc) is 2.31. The van der Waals surface area contributed by atoms with Gasteiger partial charge in [0, 0.05) is 0 Å². The molecule has 0 heterocycles. The fraction of sp³-hybridized carbons (Fsp3) is 1.00. The Morgan fingerprint density at radius 1 is 0.765 bits per heavy atom. The van der Waals surface area contributed by atoms with E-state index in [0.717, 1.165) is 0 Å². The van der Waals surface area contributed by atoms with Crippen LogP contribution in [0.15, 0.2) is 0 Å². The highest BCUT2D eigenvalue weighted by Crippen LogP contribution is 2.15. The molecule has 0 fully saturated rings. The molecule has 0 N–H and O–H groups in total. The van der Waals surface area contributed by atoms with Crippen LogP contribution in [-0.4, -0.2) is 23.9 Å². The van der Waals surface area contributed by atoms with E-state index < -0.39 is 0 Å². The zero-order valence-electron chi connectivity index (χ0n) is 12.2. The smallest absolute Gasteiger partial charge is 0.0650 e. The van der Waals surface area contributed by atoms with Gasteiger partial charge in [0.25, 0.3) is 0 Å². The van der Waals surface area contributed by atoms with Crippen LogP contribution in [0.4, 0.5) is 0 Å². The normalized spacial score (nSPS) is 13.2. The molecule has 0 rings (SSSR count). The lowest BCUT2D eigenvalue weighted by Gasteiger charge is -2.17. The molecule has 0 aliphatic carbocycles. The summed E-state index contributed by atoms with van der Waals surface area (Å²) in [5, 5.41) is 0. The van der Waals surface area contributed by atoms with Crippen LogP contribution in [0.1, 0.15) is 77.6 Å². The number of hydrogen-bond donors (Lipinski definition) is 0. The predicted octanol–water partition coefficient (Wildman–Crippen LogP) is 5.58. The second-order valence-electron chi connectivity index (χ2n) is 5.37. The third-order valence-electron chi connectivity index (χ3n) is 3.36. The first kappa shape index (κ1) is 17.4. The Morgan fingerprint density at radius 3 is 1.59 bits per heavy atom. The van der Waals surface area contributed by atoms with Gasteiger partial charge in [-0.2, -0.15) is 0 Å². The maximum Gasteiger partial charge on any atom is 0.0650 e. The zero-order valence-corrected chi connectivity index (χ0v) is 13.8. The Kier molecular flexibility index (Phi) is 13.2. The number of alkyl halides is 1. The van der Waals surface area contributed by atoms with Gasteiger partial charge in [-0.25, -0.2) is 0 Å². The minimum absolute atomic E-state index is 0.566. The van der Waals surface area contributed by atoms with E-state index in [1.807, 2.05) is 0 Å². The first-order valence-corrected chi connectivity index (χ1v) is 8.40. The number of rotatable bonds is 12. The minimum atomic E-state index is 0.566. The molecular weight excluding hydrogens is 274 g/mol. The highest BCUT2D eigenvalue weighted by molar-refractivity contribution is 9.09. The van der Waals surface area contributed by atoms with E-state index in [0.29, 0.717) is 4.95 Å². The molecule has 0 saturated heterocycles. The summed E-state index contributed by atoms with van der Waals surface area (Å²) in [6.45, 7) is 2.28. The molecule has 1 atom stereocenters. The maximum atomic E-state index is 3.69. The second-order valence-corrected chi connectivity index (χ2v) is 6.43. The van der Waals surface area contributed by atoms with Gasteiger partial charge in [0.2, 0.25) is 0 Å². The summed E-state index contributed by atoms with van der Waals surface area (Å²) in [6, 6.07) is 0. The Labute approximate surface area is 117 Å². The van der Waals surface area contributed by atoms with Crippen molar-refractivity contribution >= 4 is 15.9 Å². The SMILES string of the molecule is CCCCCCCCCCCCC(Br)N(C)C. The van der Waals surface area contributed by atoms with Crippen molar-refractivity contribution in [2.24, 2.45) is 0 Å². The summed E-state index contributed by atoms with van der Waals surface area (Å²) in [7, 11) is 4.27. The van der Waals surface area contributed by atoms with Crippen LogP contribution in [-0.2, 0) is 0 Å². The van der Waals surface area contributed by atoms with E-state index in [9.17, 15) is 0 Å². The van der Waals surface area contributed by atoms with Crippen LogP contribution in [0, 0.1) is 0 Å². The largest absolute Gasteiger partial charge is 0.297 e. The molecule has 0 radical (unpaired) electrons. The van der Waals surface area contributed by atoms with E-state index in [2.05, 4.69) is 41.8 Å². The van der Waals surface area contributed by atoms with Gasteiger partial charge in [-0.15, -0.1) is 0 Å². The number of halogens is 1. The van der Waals surface area contributed by atoms with Crippen LogP contribution in [0.2, 0.25) is 0 Å². The van der Waals surface area contributed by atoms with E-state index in [1.54, 1.807) is 0 Å². The molecule has 0 aromatic heterocycles. The van der Waals surface area contributed by atoms with E-state index in [-0.39, 0.29) is 0 Å². The molecule has 1 unspecified atom stereocenters. The molecule has 17 heavy (non-hydrogen) atoms. The summed E-state index contributed by atoms with van der Waals surface area (Å²) >= 11 is 3.69. The lowest BCUT2D eigenvalue weighted by molar-refractivity contribution is 0.363. The number of hydrogen-bond acceptors (Lipinski definition) is 1. The van der Waals surface area contributed by atoms with Crippen molar-refractivity contribution in [3.8, 4) is 0 Å². The summed E-state index contributed by atoms with van der Waals surface area (Å²) in [6.07, 6.45) is 15.5. The molecule has 0 saturated carbocycles. The van der Waals surface area contributed by atoms with Crippen LogP contribution >= 0.6 is 15.9 Å². The maximum absolute atomic E-state index is 3.69. The van der Waals surface area contributed by atoms with Gasteiger partial charge in [-0.1, -0.05) is 87.1 Å². The minimum Gasteiger partial charge on any atom is -0.297 e. The van der Waals surface area contributed by atoms with Crippen LogP contribution in [0.3, 0.4) is 0 Å². The van der Waals surface area contributed by atoms with Crippen molar-refractivity contribution in [2.75, 3.05) is 14.1 Å². The Morgan fingerprint density at radius 2 is 1.18 bits per heavy atom. The standard InChI is InChI=1S/C15H32BrN/c1-4-5-6-7-8-9-10-11-12-13-14-15(16)17(2)3/h15H,4-14H2,1-3H3. The predicted molar refractivity (Wildman–Crippen MR) is 82.9 cm³/mol. The average molecular weight is 306 g/mol. The molecule has 0 aromatic carbocycles. The van der Waals surface area contributed by atoms with Crippen LogP contribution in [0.5, 0.6) is 0 Å². The van der Waals surface area contributed by atoms with Gasteiger partial charge in [0.05, 0.1) is 4.95 Å². The number of unbranched alkanes of at least 4 members (excludes halogenated alkanes) is 9. The van der Waals surface area contributed by atoms with Crippen LogP contribution in [0.25, 0.3) is 0 Å². The molecule has 0 spiro atoms. The van der Waals surface area contributed by atoms with Gasteiger partial charge >= 0.3 is 0 Å². The van der Waals surface area contributed by atoms with Crippen molar-refractivity contribution in [3.05, 3.63) is 0 Å². The topological polar surface area (TPSA) is 3.24 Å². The monoisotopic (exact) mass is 305 g/mol. The van der Waals surface area contributed by atoms with Gasteiger partial charge in [0.1, 0.15) is 0 Å². The zero-order chi connectivity index (χ0) is 12.9. The van der Waals surface area contributed by atoms with Crippen LogP contribution < -0.4 is 0 Å². The third kappa shape index (κ3) is 12.7. The van der Waals surface area contributed by atoms with Gasteiger partial charge < -0.3 is 0 Å². The third-order valence-corrected chi connectivity index (χ3v) is 4.63. The van der Waals surface area contributed by atoms with Gasteiger partial charge in [0.15, 0.2) is 0 Å². The lowest BCUT2D eigenvalue weighted by atomic mass is 10.1. The van der Waals surface area contributed by atoms with Crippen molar-refractivity contribution in [2.45, 2.75) is 82.5 Å². The van der Waals surface area contributed by atoms with Gasteiger partial charge in [-0.05, 0) is 20.5 Å². The fourth-order valence-electron chi connectivity index (χ4n) is 2.06. The summed E-state index contributed by atoms with van der Waals surface area (Å²) < 4.78 is 0. The Balaban J connectivity index is 3.03. The second kappa shape index (κ2) is 12.9. The highest BCUT2D eigenvalue weighted by atomic mass is 79.9. The molecule has 0 bridgehead atoms. The Bertz CT molecular complexity index is 148. The summed E-state index contributed by atoms with van der Waals surface area (Å²) in [4.78, 5) is 2.81. The molecular formula is C15H32BrN. The quantitative estimate of drug-likeness (QED) is 0.258. The lowest BCUT2D eigenvalue weighted by Crippen LogP contribution is -2.21. The summed E-state index contributed by atoms with van der Waals surface area (Å²) in [5.74, 6) is 0. The van der Waals surface area contributed by atoms with Crippen molar-refractivity contribution in [1.29, 1.82) is 0 Å². The molecule has 104 valence electrons. The van der Waals surface area contributed by atoms with Crippen molar-refractivity contribution in [1.82, 2.24) is 4.90 Å². The fourth-order valence-corrected chi connectivity index (χ4v) is 2.38. The van der Waals surface area contributed by atoms with Crippen molar-refractivity contribution in [3.63, 3.8) is 0 Å². The number of nitrogens with zero attached hydrogens (tertiary/aromatic N) is 1. The summed E-state index contributed by atoms with van der Waals surface area (Å²) in [5.41, 5.74) is 0. The van der Waals surface area contributed by atoms with E-state index in [1.165, 1.54) is 70.6 Å². The molecule has 0 aromatic rings. The molecule has 0 amide bonds. The van der Waals surface area contributed by atoms with Gasteiger partial charge in [-0.3, -0.25) is 4.90 Å². The molecule has 2 heteroatoms. The Hall–Kier alpha value is 0.440. The first-order valence-electron chi connectivity index (χ1n) is 7.49. The first-order chi connectivity index (χ1) is 8.18. The van der Waals surface area contributed by atoms with E-state index in [4.69, 9.17) is 0 Å². The van der Waals surface area contributed by atoms with Crippen molar-refractivity contribution < 1.29 is 0 Å². The molecule has 0 aliphatic heterocycles. The molecule has 1 nitrogen and oxygen atoms in total.